The van der Waals surface area contributed by atoms with Crippen LogP contribution in [-0.4, -0.2) is 16.9 Å². The first-order valence-corrected chi connectivity index (χ1v) is 5.80. The van der Waals surface area contributed by atoms with Crippen LogP contribution < -0.4 is 0 Å². The van der Waals surface area contributed by atoms with E-state index in [-0.39, 0.29) is 6.10 Å². The van der Waals surface area contributed by atoms with Crippen LogP contribution >= 0.6 is 0 Å². The fourth-order valence-corrected chi connectivity index (χ4v) is 1.97. The summed E-state index contributed by atoms with van der Waals surface area (Å²) in [5, 5.41) is 0. The van der Waals surface area contributed by atoms with Gasteiger partial charge in [0.25, 0.3) is 0 Å². The summed E-state index contributed by atoms with van der Waals surface area (Å²) in [6, 6.07) is 9.93. The molecule has 1 fully saturated rings. The molecule has 1 heterocycles. The quantitative estimate of drug-likeness (QED) is 0.771. The van der Waals surface area contributed by atoms with Gasteiger partial charge in [0.05, 0.1) is 12.7 Å². The van der Waals surface area contributed by atoms with E-state index in [1.54, 1.807) is 0 Å². The van der Waals surface area contributed by atoms with E-state index in [9.17, 15) is 4.21 Å². The number of hydrogen-bond acceptors (Lipinski definition) is 3. The van der Waals surface area contributed by atoms with Crippen molar-refractivity contribution in [1.29, 1.82) is 0 Å². The van der Waals surface area contributed by atoms with Crippen LogP contribution in [0.3, 0.4) is 0 Å². The van der Waals surface area contributed by atoms with E-state index in [1.165, 1.54) is 0 Å². The van der Waals surface area contributed by atoms with Gasteiger partial charge in [-0.3, -0.25) is 8.37 Å². The average molecular weight is 224 g/mol. The molecule has 80 valence electrons. The lowest BCUT2D eigenvalue weighted by Gasteiger charge is -2.17. The van der Waals surface area contributed by atoms with Crippen LogP contribution in [0.25, 0.3) is 6.08 Å². The van der Waals surface area contributed by atoms with E-state index in [1.807, 2.05) is 42.5 Å². The molecule has 3 nitrogen and oxygen atoms in total. The van der Waals surface area contributed by atoms with Crippen molar-refractivity contribution in [3.8, 4) is 0 Å². The van der Waals surface area contributed by atoms with Gasteiger partial charge in [-0.1, -0.05) is 42.5 Å². The third-order valence-corrected chi connectivity index (χ3v) is 2.85. The van der Waals surface area contributed by atoms with Gasteiger partial charge < -0.3 is 0 Å². The Morgan fingerprint density at radius 2 is 2.13 bits per heavy atom. The largest absolute Gasteiger partial charge is 0.305 e. The molecule has 1 aliphatic heterocycles. The second kappa shape index (κ2) is 5.21. The van der Waals surface area contributed by atoms with Crippen molar-refractivity contribution < 1.29 is 12.6 Å². The van der Waals surface area contributed by atoms with Crippen LogP contribution in [0.15, 0.2) is 36.4 Å². The van der Waals surface area contributed by atoms with Crippen molar-refractivity contribution in [2.75, 3.05) is 6.61 Å². The van der Waals surface area contributed by atoms with Crippen molar-refractivity contribution in [2.45, 2.75) is 12.5 Å². The molecule has 1 saturated heterocycles. The fraction of sp³-hybridized carbons (Fsp3) is 0.273. The zero-order valence-electron chi connectivity index (χ0n) is 8.17. The normalized spacial score (nSPS) is 26.9. The minimum absolute atomic E-state index is 0.111. The van der Waals surface area contributed by atoms with Crippen LogP contribution in [0.5, 0.6) is 0 Å². The summed E-state index contributed by atoms with van der Waals surface area (Å²) in [5.74, 6) is 0. The van der Waals surface area contributed by atoms with E-state index in [4.69, 9.17) is 8.37 Å². The molecule has 0 N–H and O–H groups in total. The number of rotatable bonds is 2. The third kappa shape index (κ3) is 3.27. The van der Waals surface area contributed by atoms with Gasteiger partial charge in [-0.15, -0.1) is 0 Å². The first-order chi connectivity index (χ1) is 7.34. The Kier molecular flexibility index (Phi) is 3.66. The highest BCUT2D eigenvalue weighted by Gasteiger charge is 2.17. The first-order valence-electron chi connectivity index (χ1n) is 4.80. The summed E-state index contributed by atoms with van der Waals surface area (Å²) in [7, 11) is 0. The summed E-state index contributed by atoms with van der Waals surface area (Å²) in [5.41, 5.74) is 1.11. The minimum Gasteiger partial charge on any atom is -0.268 e. The highest BCUT2D eigenvalue weighted by molar-refractivity contribution is 7.75. The van der Waals surface area contributed by atoms with Gasteiger partial charge in [-0.25, -0.2) is 0 Å². The van der Waals surface area contributed by atoms with Crippen LogP contribution in [0.4, 0.5) is 0 Å². The Morgan fingerprint density at radius 1 is 1.33 bits per heavy atom. The minimum atomic E-state index is -1.58. The van der Waals surface area contributed by atoms with E-state index >= 15 is 0 Å². The van der Waals surface area contributed by atoms with Crippen LogP contribution in [0.2, 0.25) is 0 Å². The molecule has 4 heteroatoms. The molecule has 0 radical (unpaired) electrons. The number of benzene rings is 1. The smallest absolute Gasteiger partial charge is 0.268 e. The lowest BCUT2D eigenvalue weighted by Crippen LogP contribution is -2.22. The summed E-state index contributed by atoms with van der Waals surface area (Å²) < 4.78 is 20.8. The van der Waals surface area contributed by atoms with Crippen molar-refractivity contribution in [2.24, 2.45) is 0 Å². The predicted octanol–water partition coefficient (Wildman–Crippen LogP) is 2.08. The summed E-state index contributed by atoms with van der Waals surface area (Å²) in [6.07, 6.45) is 4.51. The molecule has 0 bridgehead atoms. The average Bonchev–Trinajstić information content (AvgIpc) is 2.28. The molecular formula is C11H12O3S. The molecule has 15 heavy (non-hydrogen) atoms. The molecule has 0 spiro atoms. The van der Waals surface area contributed by atoms with Gasteiger partial charge in [0.15, 0.2) is 0 Å². The molecule has 1 aromatic rings. The summed E-state index contributed by atoms with van der Waals surface area (Å²) in [4.78, 5) is 0. The van der Waals surface area contributed by atoms with Crippen LogP contribution in [0.1, 0.15) is 12.0 Å². The van der Waals surface area contributed by atoms with Gasteiger partial charge in [-0.2, -0.15) is 4.21 Å². The van der Waals surface area contributed by atoms with Crippen molar-refractivity contribution in [3.63, 3.8) is 0 Å². The second-order valence-corrected chi connectivity index (χ2v) is 4.06. The topological polar surface area (TPSA) is 35.5 Å². The zero-order valence-corrected chi connectivity index (χ0v) is 8.98. The van der Waals surface area contributed by atoms with Gasteiger partial charge in [0.1, 0.15) is 0 Å². The number of hydrogen-bond donors (Lipinski definition) is 0. The maximum atomic E-state index is 10.9. The Hall–Kier alpha value is -0.970. The first kappa shape index (κ1) is 10.5. The summed E-state index contributed by atoms with van der Waals surface area (Å²) >= 11 is -1.58. The fourth-order valence-electron chi connectivity index (χ4n) is 1.32. The SMILES string of the molecule is O=S1OCCC(/C=C/c2ccccc2)O1. The van der Waals surface area contributed by atoms with E-state index in [2.05, 4.69) is 0 Å². The van der Waals surface area contributed by atoms with Gasteiger partial charge in [0.2, 0.25) is 0 Å². The Balaban J connectivity index is 1.96. The van der Waals surface area contributed by atoms with E-state index in [0.29, 0.717) is 6.61 Å². The van der Waals surface area contributed by atoms with Gasteiger partial charge >= 0.3 is 11.4 Å². The monoisotopic (exact) mass is 224 g/mol. The molecular weight excluding hydrogens is 212 g/mol. The Labute approximate surface area is 91.6 Å². The molecule has 2 atom stereocenters. The highest BCUT2D eigenvalue weighted by Crippen LogP contribution is 2.13. The van der Waals surface area contributed by atoms with Crippen molar-refractivity contribution in [1.82, 2.24) is 0 Å². The van der Waals surface area contributed by atoms with Crippen LogP contribution in [0, 0.1) is 0 Å². The maximum Gasteiger partial charge on any atom is 0.305 e. The van der Waals surface area contributed by atoms with Crippen LogP contribution in [-0.2, 0) is 19.7 Å². The lowest BCUT2D eigenvalue weighted by molar-refractivity contribution is 0.143. The zero-order chi connectivity index (χ0) is 10.5. The standard InChI is InChI=1S/C11H12O3S/c12-15-13-9-8-11(14-15)7-6-10-4-2-1-3-5-10/h1-7,11H,8-9H2/b7-6+. The maximum absolute atomic E-state index is 10.9. The predicted molar refractivity (Wildman–Crippen MR) is 59.1 cm³/mol. The second-order valence-electron chi connectivity index (χ2n) is 3.22. The molecule has 0 amide bonds. The van der Waals surface area contributed by atoms with Gasteiger partial charge in [-0.05, 0) is 5.56 Å². The molecule has 2 unspecified atom stereocenters. The molecule has 1 aliphatic rings. The van der Waals surface area contributed by atoms with Crippen molar-refractivity contribution >= 4 is 17.4 Å². The highest BCUT2D eigenvalue weighted by atomic mass is 32.2. The molecule has 1 aromatic carbocycles. The third-order valence-electron chi connectivity index (χ3n) is 2.09. The molecule has 0 aromatic heterocycles. The van der Waals surface area contributed by atoms with Crippen molar-refractivity contribution in [3.05, 3.63) is 42.0 Å². The lowest BCUT2D eigenvalue weighted by atomic mass is 10.1. The summed E-state index contributed by atoms with van der Waals surface area (Å²) in [6.45, 7) is 0.483. The molecule has 0 aliphatic carbocycles. The van der Waals surface area contributed by atoms with Gasteiger partial charge in [0, 0.05) is 6.42 Å². The van der Waals surface area contributed by atoms with E-state index in [0.717, 1.165) is 12.0 Å². The molecule has 0 saturated carbocycles. The Morgan fingerprint density at radius 3 is 2.87 bits per heavy atom. The molecule has 2 rings (SSSR count). The van der Waals surface area contributed by atoms with E-state index < -0.39 is 11.4 Å². The Bertz CT molecular complexity index is 361.